The van der Waals surface area contributed by atoms with Gasteiger partial charge in [-0.05, 0) is 56.2 Å². The lowest BCUT2D eigenvalue weighted by molar-refractivity contribution is 0.0934. The van der Waals surface area contributed by atoms with Gasteiger partial charge in [0.2, 0.25) is 5.89 Å². The van der Waals surface area contributed by atoms with Gasteiger partial charge in [-0.3, -0.25) is 9.59 Å². The molecule has 10 nitrogen and oxygen atoms in total. The molecule has 0 atom stereocenters. The zero-order valence-electron chi connectivity index (χ0n) is 20.4. The summed E-state index contributed by atoms with van der Waals surface area (Å²) in [6.07, 6.45) is 4.41. The Morgan fingerprint density at radius 1 is 1.08 bits per heavy atom. The molecule has 1 aromatic carbocycles. The molecule has 2 N–H and O–H groups in total. The molecule has 0 unspecified atom stereocenters. The van der Waals surface area contributed by atoms with Gasteiger partial charge < -0.3 is 15.2 Å². The molecule has 1 aliphatic carbocycles. The Hall–Kier alpha value is -3.93. The highest BCUT2D eigenvalue weighted by Crippen LogP contribution is 2.34. The molecule has 5 rings (SSSR count). The molecule has 38 heavy (non-hydrogen) atoms. The molecule has 3 aromatic heterocycles. The largest absolute Gasteiger partial charge is 0.350 e. The van der Waals surface area contributed by atoms with Crippen LogP contribution in [0.25, 0.3) is 5.65 Å². The third kappa shape index (κ3) is 5.49. The van der Waals surface area contributed by atoms with E-state index in [1.807, 2.05) is 0 Å². The number of amides is 2. The summed E-state index contributed by atoms with van der Waals surface area (Å²) in [6, 6.07) is 5.32. The van der Waals surface area contributed by atoms with Gasteiger partial charge in [-0.25, -0.2) is 18.3 Å². The Morgan fingerprint density at radius 3 is 2.58 bits per heavy atom. The lowest BCUT2D eigenvalue weighted by Gasteiger charge is -2.26. The minimum absolute atomic E-state index is 0.0242. The molecule has 0 aliphatic heterocycles. The van der Waals surface area contributed by atoms with E-state index in [4.69, 9.17) is 16.1 Å². The highest BCUT2D eigenvalue weighted by Gasteiger charge is 2.27. The van der Waals surface area contributed by atoms with Gasteiger partial charge in [0.05, 0.1) is 11.2 Å². The van der Waals surface area contributed by atoms with E-state index in [1.165, 1.54) is 24.3 Å². The van der Waals surface area contributed by atoms with Crippen LogP contribution in [0, 0.1) is 24.5 Å². The van der Waals surface area contributed by atoms with Crippen LogP contribution < -0.4 is 10.6 Å². The topological polar surface area (TPSA) is 127 Å². The second-order valence-electron chi connectivity index (χ2n) is 9.29. The van der Waals surface area contributed by atoms with E-state index in [0.29, 0.717) is 23.8 Å². The number of aryl methyl sites for hydroxylation is 1. The standard InChI is InChI=1S/C25H24ClF2N7O3/c1-13-32-25(38-34-13)16-5-2-14(3-6-16)10-30-24(37)21-9-20(33-22-19(28)12-31-35(21)22)23(36)29-11-15-4-7-18(27)17(26)8-15/h4,7-9,12,14,16H,2-3,5-6,10-11H2,1H3,(H,29,36)(H,30,37). The maximum Gasteiger partial charge on any atom is 0.270 e. The zero-order valence-corrected chi connectivity index (χ0v) is 21.1. The van der Waals surface area contributed by atoms with Crippen molar-refractivity contribution in [2.45, 2.75) is 45.1 Å². The first kappa shape index (κ1) is 25.7. The van der Waals surface area contributed by atoms with Crippen LogP contribution in [0.15, 0.2) is 35.0 Å². The number of hydrogen-bond acceptors (Lipinski definition) is 7. The highest BCUT2D eigenvalue weighted by molar-refractivity contribution is 6.30. The van der Waals surface area contributed by atoms with Crippen LogP contribution in [-0.2, 0) is 6.54 Å². The number of nitrogens with one attached hydrogen (secondary N) is 2. The van der Waals surface area contributed by atoms with Gasteiger partial charge in [-0.2, -0.15) is 10.1 Å². The molecule has 13 heteroatoms. The molecule has 1 aliphatic rings. The second kappa shape index (κ2) is 10.8. The van der Waals surface area contributed by atoms with E-state index in [0.717, 1.165) is 36.4 Å². The first-order valence-corrected chi connectivity index (χ1v) is 12.5. The van der Waals surface area contributed by atoms with E-state index in [1.54, 1.807) is 6.92 Å². The van der Waals surface area contributed by atoms with Crippen LogP contribution in [0.5, 0.6) is 0 Å². The fourth-order valence-electron chi connectivity index (χ4n) is 4.56. The molecular formula is C25H24ClF2N7O3. The van der Waals surface area contributed by atoms with E-state index < -0.39 is 23.4 Å². The third-order valence-electron chi connectivity index (χ3n) is 6.62. The number of carbonyl (C=O) groups is 2. The molecule has 0 bridgehead atoms. The van der Waals surface area contributed by atoms with Crippen molar-refractivity contribution in [2.75, 3.05) is 6.54 Å². The van der Waals surface area contributed by atoms with Crippen LogP contribution in [-0.4, -0.2) is 43.1 Å². The van der Waals surface area contributed by atoms with Crippen molar-refractivity contribution < 1.29 is 22.9 Å². The summed E-state index contributed by atoms with van der Waals surface area (Å²) in [5, 5.41) is 13.2. The van der Waals surface area contributed by atoms with Crippen LogP contribution in [0.2, 0.25) is 5.02 Å². The van der Waals surface area contributed by atoms with Gasteiger partial charge in [-0.1, -0.05) is 22.8 Å². The summed E-state index contributed by atoms with van der Waals surface area (Å²) >= 11 is 5.79. The van der Waals surface area contributed by atoms with Crippen molar-refractivity contribution in [1.29, 1.82) is 0 Å². The fourth-order valence-corrected chi connectivity index (χ4v) is 4.76. The van der Waals surface area contributed by atoms with E-state index in [-0.39, 0.29) is 40.4 Å². The molecule has 3 heterocycles. The highest BCUT2D eigenvalue weighted by atomic mass is 35.5. The Morgan fingerprint density at radius 2 is 1.87 bits per heavy atom. The van der Waals surface area contributed by atoms with Crippen molar-refractivity contribution >= 4 is 29.1 Å². The lowest BCUT2D eigenvalue weighted by atomic mass is 9.82. The summed E-state index contributed by atoms with van der Waals surface area (Å²) in [5.41, 5.74) is 0.126. The van der Waals surface area contributed by atoms with Gasteiger partial charge in [0.1, 0.15) is 17.2 Å². The van der Waals surface area contributed by atoms with Gasteiger partial charge in [0, 0.05) is 25.1 Å². The van der Waals surface area contributed by atoms with Crippen molar-refractivity contribution in [1.82, 2.24) is 35.4 Å². The van der Waals surface area contributed by atoms with Gasteiger partial charge in [0.15, 0.2) is 17.3 Å². The van der Waals surface area contributed by atoms with Crippen molar-refractivity contribution in [3.8, 4) is 0 Å². The number of hydrogen-bond donors (Lipinski definition) is 2. The maximum atomic E-state index is 14.3. The molecular weight excluding hydrogens is 520 g/mol. The Labute approximate surface area is 220 Å². The van der Waals surface area contributed by atoms with Crippen LogP contribution >= 0.6 is 11.6 Å². The van der Waals surface area contributed by atoms with E-state index in [2.05, 4.69) is 30.9 Å². The number of fused-ring (bicyclic) bond motifs is 1. The quantitative estimate of drug-likeness (QED) is 0.361. The fraction of sp³-hybridized carbons (Fsp3) is 0.360. The van der Waals surface area contributed by atoms with Crippen molar-refractivity contribution in [3.05, 3.63) is 75.8 Å². The normalized spacial score (nSPS) is 17.5. The SMILES string of the molecule is Cc1noc(C2CCC(CNC(=O)c3cc(C(=O)NCc4ccc(F)c(Cl)c4)nc4c(F)cnn34)CC2)n1. The number of halogens is 3. The zero-order chi connectivity index (χ0) is 26.8. The van der Waals surface area contributed by atoms with Crippen LogP contribution in [0.3, 0.4) is 0 Å². The molecule has 0 saturated heterocycles. The van der Waals surface area contributed by atoms with Gasteiger partial charge in [0.25, 0.3) is 11.8 Å². The summed E-state index contributed by atoms with van der Waals surface area (Å²) < 4.78 is 34.1. The summed E-state index contributed by atoms with van der Waals surface area (Å²) in [6.45, 7) is 2.22. The average molecular weight is 544 g/mol. The Kier molecular flexibility index (Phi) is 7.32. The molecule has 2 amide bonds. The molecule has 0 spiro atoms. The smallest absolute Gasteiger partial charge is 0.270 e. The molecule has 198 valence electrons. The second-order valence-corrected chi connectivity index (χ2v) is 9.70. The summed E-state index contributed by atoms with van der Waals surface area (Å²) in [4.78, 5) is 34.2. The lowest BCUT2D eigenvalue weighted by Crippen LogP contribution is -2.33. The number of carbonyl (C=O) groups excluding carboxylic acids is 2. The van der Waals surface area contributed by atoms with Crippen molar-refractivity contribution in [2.24, 2.45) is 5.92 Å². The first-order valence-electron chi connectivity index (χ1n) is 12.1. The summed E-state index contributed by atoms with van der Waals surface area (Å²) in [7, 11) is 0. The number of benzene rings is 1. The number of nitrogens with zero attached hydrogens (tertiary/aromatic N) is 5. The van der Waals surface area contributed by atoms with Crippen molar-refractivity contribution in [3.63, 3.8) is 0 Å². The average Bonchev–Trinajstić information content (AvgIpc) is 3.53. The predicted molar refractivity (Wildman–Crippen MR) is 132 cm³/mol. The maximum absolute atomic E-state index is 14.3. The first-order chi connectivity index (χ1) is 18.3. The molecule has 1 fully saturated rings. The minimum Gasteiger partial charge on any atom is -0.350 e. The van der Waals surface area contributed by atoms with E-state index >= 15 is 0 Å². The summed E-state index contributed by atoms with van der Waals surface area (Å²) in [5.74, 6) is -0.770. The van der Waals surface area contributed by atoms with E-state index in [9.17, 15) is 18.4 Å². The van der Waals surface area contributed by atoms with Crippen LogP contribution in [0.4, 0.5) is 8.78 Å². The van der Waals surface area contributed by atoms with Gasteiger partial charge >= 0.3 is 0 Å². The Balaban J connectivity index is 1.24. The monoisotopic (exact) mass is 543 g/mol. The number of rotatable bonds is 7. The number of aromatic nitrogens is 5. The Bertz CT molecular complexity index is 1500. The minimum atomic E-state index is -0.770. The molecule has 0 radical (unpaired) electrons. The molecule has 1 saturated carbocycles. The van der Waals surface area contributed by atoms with Crippen LogP contribution in [0.1, 0.15) is 69.9 Å². The third-order valence-corrected chi connectivity index (χ3v) is 6.91. The van der Waals surface area contributed by atoms with Gasteiger partial charge in [-0.15, -0.1) is 0 Å². The molecule has 4 aromatic rings. The predicted octanol–water partition coefficient (Wildman–Crippen LogP) is 3.99.